The minimum absolute atomic E-state index is 0.249. The summed E-state index contributed by atoms with van der Waals surface area (Å²) < 4.78 is 5.97. The largest absolute Gasteiger partial charge is 0.450 e. The zero-order chi connectivity index (χ0) is 14.5. The maximum absolute atomic E-state index is 12.4. The molecular weight excluding hydrogens is 262 g/mol. The average molecular weight is 281 g/mol. The van der Waals surface area contributed by atoms with Crippen LogP contribution in [0.15, 0.2) is 60.7 Å². The molecule has 0 saturated carbocycles. The van der Waals surface area contributed by atoms with Crippen LogP contribution in [-0.4, -0.2) is 19.1 Å². The summed E-state index contributed by atoms with van der Waals surface area (Å²) in [4.78, 5) is 12.4. The van der Waals surface area contributed by atoms with Crippen LogP contribution in [0.4, 0.5) is 0 Å². The van der Waals surface area contributed by atoms with Crippen molar-refractivity contribution in [3.05, 3.63) is 71.8 Å². The van der Waals surface area contributed by atoms with Crippen molar-refractivity contribution in [2.24, 2.45) is 0 Å². The zero-order valence-corrected chi connectivity index (χ0v) is 11.9. The van der Waals surface area contributed by atoms with Gasteiger partial charge in [-0.25, -0.2) is 4.79 Å². The van der Waals surface area contributed by atoms with Crippen LogP contribution < -0.4 is 5.32 Å². The Bertz CT molecular complexity index is 589. The molecular formula is C18H19NO2. The molecule has 0 radical (unpaired) electrons. The smallest absolute Gasteiger partial charge is 0.339 e. The second-order valence-corrected chi connectivity index (χ2v) is 5.37. The lowest BCUT2D eigenvalue weighted by Crippen LogP contribution is -2.43. The number of nitrogens with one attached hydrogen (secondary N) is 1. The van der Waals surface area contributed by atoms with Crippen molar-refractivity contribution in [1.82, 2.24) is 5.32 Å². The lowest BCUT2D eigenvalue weighted by atomic mass is 9.84. The number of carbonyl (C=O) groups excluding carboxylic acids is 1. The molecule has 21 heavy (non-hydrogen) atoms. The highest BCUT2D eigenvalue weighted by atomic mass is 16.6. The van der Waals surface area contributed by atoms with E-state index in [-0.39, 0.29) is 5.97 Å². The van der Waals surface area contributed by atoms with E-state index in [0.29, 0.717) is 5.56 Å². The third kappa shape index (κ3) is 2.98. The van der Waals surface area contributed by atoms with Gasteiger partial charge in [0, 0.05) is 12.8 Å². The van der Waals surface area contributed by atoms with E-state index < -0.39 is 5.60 Å². The number of hydrogen-bond acceptors (Lipinski definition) is 3. The zero-order valence-electron chi connectivity index (χ0n) is 11.9. The minimum atomic E-state index is -0.514. The Morgan fingerprint density at radius 1 is 0.905 bits per heavy atom. The molecule has 3 nitrogen and oxygen atoms in total. The Kier molecular flexibility index (Phi) is 4.02. The summed E-state index contributed by atoms with van der Waals surface area (Å²) in [5, 5.41) is 3.33. The third-order valence-corrected chi connectivity index (χ3v) is 4.01. The molecule has 1 heterocycles. The molecule has 2 aromatic carbocycles. The number of carbonyl (C=O) groups is 1. The first-order chi connectivity index (χ1) is 10.3. The van der Waals surface area contributed by atoms with E-state index in [0.717, 1.165) is 31.5 Å². The molecule has 1 saturated heterocycles. The molecule has 0 aliphatic carbocycles. The van der Waals surface area contributed by atoms with E-state index in [1.54, 1.807) is 12.1 Å². The number of piperidine rings is 1. The maximum atomic E-state index is 12.4. The molecule has 0 unspecified atom stereocenters. The summed E-state index contributed by atoms with van der Waals surface area (Å²) in [7, 11) is 0. The average Bonchev–Trinajstić information content (AvgIpc) is 2.57. The Hall–Kier alpha value is -2.13. The van der Waals surface area contributed by atoms with Crippen molar-refractivity contribution in [2.75, 3.05) is 13.1 Å². The van der Waals surface area contributed by atoms with E-state index in [1.165, 1.54) is 0 Å². The Morgan fingerprint density at radius 3 is 2.10 bits per heavy atom. The molecule has 108 valence electrons. The standard InChI is InChI=1S/C18H19NO2/c20-17(15-7-3-1-4-8-15)21-18(11-13-19-14-12-18)16-9-5-2-6-10-16/h1-10,19H,11-14H2. The number of esters is 1. The lowest BCUT2D eigenvalue weighted by Gasteiger charge is -2.37. The van der Waals surface area contributed by atoms with E-state index in [9.17, 15) is 4.79 Å². The fourth-order valence-corrected chi connectivity index (χ4v) is 2.83. The molecule has 0 spiro atoms. The van der Waals surface area contributed by atoms with Gasteiger partial charge in [-0.1, -0.05) is 48.5 Å². The van der Waals surface area contributed by atoms with Crippen LogP contribution in [0.2, 0.25) is 0 Å². The van der Waals surface area contributed by atoms with Crippen molar-refractivity contribution >= 4 is 5.97 Å². The summed E-state index contributed by atoms with van der Waals surface area (Å²) >= 11 is 0. The van der Waals surface area contributed by atoms with Gasteiger partial charge in [-0.2, -0.15) is 0 Å². The SMILES string of the molecule is O=C(OC1(c2ccccc2)CCNCC1)c1ccccc1. The third-order valence-electron chi connectivity index (χ3n) is 4.01. The van der Waals surface area contributed by atoms with Crippen molar-refractivity contribution in [1.29, 1.82) is 0 Å². The van der Waals surface area contributed by atoms with Crippen LogP contribution in [0.25, 0.3) is 0 Å². The van der Waals surface area contributed by atoms with E-state index in [2.05, 4.69) is 5.32 Å². The fraction of sp³-hybridized carbons (Fsp3) is 0.278. The van der Waals surface area contributed by atoms with Gasteiger partial charge in [0.05, 0.1) is 5.56 Å². The van der Waals surface area contributed by atoms with Gasteiger partial charge < -0.3 is 10.1 Å². The first kappa shape index (κ1) is 13.8. The summed E-state index contributed by atoms with van der Waals surface area (Å²) in [5.41, 5.74) is 1.17. The van der Waals surface area contributed by atoms with Crippen molar-refractivity contribution in [3.8, 4) is 0 Å². The number of hydrogen-bond donors (Lipinski definition) is 1. The first-order valence-corrected chi connectivity index (χ1v) is 7.35. The van der Waals surface area contributed by atoms with Gasteiger partial charge in [0.2, 0.25) is 0 Å². The Balaban J connectivity index is 1.88. The monoisotopic (exact) mass is 281 g/mol. The van der Waals surface area contributed by atoms with Crippen LogP contribution in [0, 0.1) is 0 Å². The molecule has 1 aliphatic rings. The van der Waals surface area contributed by atoms with Crippen molar-refractivity contribution in [2.45, 2.75) is 18.4 Å². The van der Waals surface area contributed by atoms with E-state index in [4.69, 9.17) is 4.74 Å². The topological polar surface area (TPSA) is 38.3 Å². The molecule has 2 aromatic rings. The molecule has 0 atom stereocenters. The first-order valence-electron chi connectivity index (χ1n) is 7.35. The maximum Gasteiger partial charge on any atom is 0.339 e. The summed E-state index contributed by atoms with van der Waals surface area (Å²) in [6, 6.07) is 19.3. The van der Waals surface area contributed by atoms with Gasteiger partial charge in [0.15, 0.2) is 0 Å². The number of ether oxygens (including phenoxy) is 1. The Morgan fingerprint density at radius 2 is 1.48 bits per heavy atom. The second kappa shape index (κ2) is 6.10. The summed E-state index contributed by atoms with van der Waals surface area (Å²) in [6.45, 7) is 1.72. The summed E-state index contributed by atoms with van der Waals surface area (Å²) in [6.07, 6.45) is 1.60. The summed E-state index contributed by atoms with van der Waals surface area (Å²) in [5.74, 6) is -0.249. The van der Waals surface area contributed by atoms with Crippen LogP contribution >= 0.6 is 0 Å². The quantitative estimate of drug-likeness (QED) is 0.878. The van der Waals surface area contributed by atoms with E-state index >= 15 is 0 Å². The van der Waals surface area contributed by atoms with Crippen molar-refractivity contribution in [3.63, 3.8) is 0 Å². The van der Waals surface area contributed by atoms with Crippen molar-refractivity contribution < 1.29 is 9.53 Å². The van der Waals surface area contributed by atoms with Gasteiger partial charge in [-0.15, -0.1) is 0 Å². The van der Waals surface area contributed by atoms with E-state index in [1.807, 2.05) is 48.5 Å². The molecule has 1 fully saturated rings. The molecule has 3 rings (SSSR count). The minimum Gasteiger partial charge on any atom is -0.450 e. The Labute approximate surface area is 124 Å². The normalized spacial score (nSPS) is 17.1. The van der Waals surface area contributed by atoms with Crippen LogP contribution in [0.3, 0.4) is 0 Å². The molecule has 0 bridgehead atoms. The molecule has 1 N–H and O–H groups in total. The molecule has 3 heteroatoms. The number of rotatable bonds is 3. The molecule has 1 aliphatic heterocycles. The molecule has 0 amide bonds. The molecule has 0 aromatic heterocycles. The van der Waals surface area contributed by atoms with Crippen LogP contribution in [0.1, 0.15) is 28.8 Å². The predicted molar refractivity (Wildman–Crippen MR) is 82.1 cm³/mol. The van der Waals surface area contributed by atoms with Gasteiger partial charge in [0.25, 0.3) is 0 Å². The fourth-order valence-electron chi connectivity index (χ4n) is 2.83. The van der Waals surface area contributed by atoms with Crippen LogP contribution in [-0.2, 0) is 10.3 Å². The van der Waals surface area contributed by atoms with Gasteiger partial charge in [-0.3, -0.25) is 0 Å². The highest BCUT2D eigenvalue weighted by Gasteiger charge is 2.37. The lowest BCUT2D eigenvalue weighted by molar-refractivity contribution is -0.0378. The second-order valence-electron chi connectivity index (χ2n) is 5.37. The predicted octanol–water partition coefficient (Wildman–Crippen LogP) is 3.12. The van der Waals surface area contributed by atoms with Gasteiger partial charge in [0.1, 0.15) is 5.60 Å². The number of benzene rings is 2. The highest BCUT2D eigenvalue weighted by molar-refractivity contribution is 5.89. The van der Waals surface area contributed by atoms with Gasteiger partial charge in [-0.05, 0) is 30.8 Å². The highest BCUT2D eigenvalue weighted by Crippen LogP contribution is 2.35. The van der Waals surface area contributed by atoms with Gasteiger partial charge >= 0.3 is 5.97 Å². The van der Waals surface area contributed by atoms with Crippen LogP contribution in [0.5, 0.6) is 0 Å².